The minimum Gasteiger partial charge on any atom is -0.366 e. The lowest BCUT2D eigenvalue weighted by Gasteiger charge is -2.10. The van der Waals surface area contributed by atoms with Gasteiger partial charge < -0.3 is 4.90 Å². The van der Waals surface area contributed by atoms with Crippen LogP contribution in [-0.4, -0.2) is 41.4 Å². The minimum absolute atomic E-state index is 0.126. The maximum atomic E-state index is 12.5. The van der Waals surface area contributed by atoms with Crippen molar-refractivity contribution in [3.05, 3.63) is 51.8 Å². The number of aryl methyl sites for hydroxylation is 1. The van der Waals surface area contributed by atoms with Crippen LogP contribution in [-0.2, 0) is 0 Å². The fraction of sp³-hybridized carbons (Fsp3) is 0.278. The van der Waals surface area contributed by atoms with Gasteiger partial charge in [0.1, 0.15) is 5.69 Å². The van der Waals surface area contributed by atoms with Crippen molar-refractivity contribution in [1.82, 2.24) is 9.88 Å². The normalized spacial score (nSPS) is 11.1. The molecule has 1 aromatic carbocycles. The topological polar surface area (TPSA) is 45.6 Å². The number of hydrogen-bond donors (Lipinski definition) is 0. The van der Waals surface area contributed by atoms with Gasteiger partial charge in [0.25, 0.3) is 0 Å². The van der Waals surface area contributed by atoms with Crippen molar-refractivity contribution in [2.75, 3.05) is 19.3 Å². The lowest BCUT2D eigenvalue weighted by molar-refractivity contribution is 0.101. The summed E-state index contributed by atoms with van der Waals surface area (Å²) in [6.45, 7) is 4.69. The molecule has 25 heavy (non-hydrogen) atoms. The van der Waals surface area contributed by atoms with Gasteiger partial charge in [0.2, 0.25) is 0 Å². The molecule has 0 aliphatic rings. The second-order valence-corrected chi connectivity index (χ2v) is 7.30. The standard InChI is InChI=1S/C18H19Cl2N3OS/c1-4-23(3)11-21-16-9-15(20)18(22-12(16)2)17(24)10-25-14-7-5-6-13(19)8-14/h5-9,11H,4,10H2,1-3H3. The summed E-state index contributed by atoms with van der Waals surface area (Å²) in [5.41, 5.74) is 1.60. The van der Waals surface area contributed by atoms with Crippen molar-refractivity contribution in [2.45, 2.75) is 18.7 Å². The minimum atomic E-state index is -0.126. The number of benzene rings is 1. The first-order chi connectivity index (χ1) is 11.9. The largest absolute Gasteiger partial charge is 0.366 e. The molecule has 0 saturated heterocycles. The highest BCUT2D eigenvalue weighted by Gasteiger charge is 2.15. The smallest absolute Gasteiger partial charge is 0.192 e. The van der Waals surface area contributed by atoms with E-state index in [9.17, 15) is 4.79 Å². The Balaban J connectivity index is 2.12. The van der Waals surface area contributed by atoms with E-state index in [2.05, 4.69) is 9.98 Å². The molecule has 0 saturated carbocycles. The summed E-state index contributed by atoms with van der Waals surface area (Å²) < 4.78 is 0. The van der Waals surface area contributed by atoms with Crippen molar-refractivity contribution < 1.29 is 4.79 Å². The van der Waals surface area contributed by atoms with Gasteiger partial charge in [0.05, 0.1) is 28.5 Å². The number of nitrogens with zero attached hydrogens (tertiary/aromatic N) is 3. The second kappa shape index (κ2) is 9.22. The molecule has 7 heteroatoms. The Bertz CT molecular complexity index is 796. The van der Waals surface area contributed by atoms with Gasteiger partial charge in [-0.2, -0.15) is 0 Å². The van der Waals surface area contributed by atoms with E-state index in [1.54, 1.807) is 18.5 Å². The van der Waals surface area contributed by atoms with Crippen molar-refractivity contribution in [3.8, 4) is 0 Å². The third-order valence-corrected chi connectivity index (χ3v) is 4.98. The zero-order valence-electron chi connectivity index (χ0n) is 14.3. The highest BCUT2D eigenvalue weighted by Crippen LogP contribution is 2.27. The Hall–Kier alpha value is -1.56. The molecule has 132 valence electrons. The van der Waals surface area contributed by atoms with Crippen LogP contribution < -0.4 is 0 Å². The van der Waals surface area contributed by atoms with E-state index in [0.717, 1.165) is 11.4 Å². The molecule has 0 amide bonds. The van der Waals surface area contributed by atoms with Gasteiger partial charge in [-0.05, 0) is 38.1 Å². The highest BCUT2D eigenvalue weighted by molar-refractivity contribution is 8.00. The van der Waals surface area contributed by atoms with Gasteiger partial charge in [-0.3, -0.25) is 4.79 Å². The molecule has 0 unspecified atom stereocenters. The van der Waals surface area contributed by atoms with E-state index in [1.165, 1.54) is 11.8 Å². The number of carbonyl (C=O) groups excluding carboxylic acids is 1. The average Bonchev–Trinajstić information content (AvgIpc) is 2.59. The van der Waals surface area contributed by atoms with Gasteiger partial charge in [-0.25, -0.2) is 9.98 Å². The number of hydrogen-bond acceptors (Lipinski definition) is 4. The van der Waals surface area contributed by atoms with Crippen LogP contribution in [0.2, 0.25) is 10.0 Å². The summed E-state index contributed by atoms with van der Waals surface area (Å²) in [5, 5.41) is 0.956. The molecule has 2 aromatic rings. The van der Waals surface area contributed by atoms with Crippen LogP contribution in [0.1, 0.15) is 23.1 Å². The lowest BCUT2D eigenvalue weighted by atomic mass is 10.2. The summed E-state index contributed by atoms with van der Waals surface area (Å²) in [5.74, 6) is 0.118. The maximum Gasteiger partial charge on any atom is 0.192 e. The maximum absolute atomic E-state index is 12.5. The number of aliphatic imine (C=N–C) groups is 1. The van der Waals surface area contributed by atoms with Crippen LogP contribution in [0.5, 0.6) is 0 Å². The monoisotopic (exact) mass is 395 g/mol. The van der Waals surface area contributed by atoms with Crippen molar-refractivity contribution in [1.29, 1.82) is 0 Å². The van der Waals surface area contributed by atoms with E-state index >= 15 is 0 Å². The molecule has 0 radical (unpaired) electrons. The number of rotatable bonds is 7. The Labute approximate surface area is 162 Å². The van der Waals surface area contributed by atoms with Crippen LogP contribution >= 0.6 is 35.0 Å². The van der Waals surface area contributed by atoms with Crippen molar-refractivity contribution in [3.63, 3.8) is 0 Å². The molecule has 0 aliphatic heterocycles. The first-order valence-electron chi connectivity index (χ1n) is 7.73. The molecule has 0 atom stereocenters. The molecule has 1 heterocycles. The van der Waals surface area contributed by atoms with Gasteiger partial charge in [-0.1, -0.05) is 29.3 Å². The Morgan fingerprint density at radius 3 is 2.80 bits per heavy atom. The first-order valence-corrected chi connectivity index (χ1v) is 9.48. The predicted molar refractivity (Wildman–Crippen MR) is 107 cm³/mol. The number of aromatic nitrogens is 1. The van der Waals surface area contributed by atoms with Gasteiger partial charge >= 0.3 is 0 Å². The quantitative estimate of drug-likeness (QED) is 0.276. The Morgan fingerprint density at radius 2 is 2.12 bits per heavy atom. The number of carbonyl (C=O) groups is 1. The number of pyridine rings is 1. The third-order valence-electron chi connectivity index (χ3n) is 3.46. The van der Waals surface area contributed by atoms with Crippen molar-refractivity contribution in [2.24, 2.45) is 4.99 Å². The average molecular weight is 396 g/mol. The molecular formula is C18H19Cl2N3OS. The lowest BCUT2D eigenvalue weighted by Crippen LogP contribution is -2.14. The van der Waals surface area contributed by atoms with Crippen molar-refractivity contribution >= 4 is 52.8 Å². The van der Waals surface area contributed by atoms with Gasteiger partial charge in [0, 0.05) is 23.5 Å². The Kier molecular flexibility index (Phi) is 7.29. The molecule has 4 nitrogen and oxygen atoms in total. The predicted octanol–water partition coefficient (Wildman–Crippen LogP) is 5.28. The molecule has 0 fully saturated rings. The summed E-state index contributed by atoms with van der Waals surface area (Å²) in [6, 6.07) is 9.06. The summed E-state index contributed by atoms with van der Waals surface area (Å²) >= 11 is 13.6. The molecule has 2 rings (SSSR count). The molecular weight excluding hydrogens is 377 g/mol. The fourth-order valence-corrected chi connectivity index (χ4v) is 3.24. The highest BCUT2D eigenvalue weighted by atomic mass is 35.5. The number of halogens is 2. The van der Waals surface area contributed by atoms with E-state index in [1.807, 2.05) is 44.0 Å². The van der Waals surface area contributed by atoms with Crippen LogP contribution in [0.4, 0.5) is 5.69 Å². The van der Waals surface area contributed by atoms with Crippen LogP contribution in [0, 0.1) is 6.92 Å². The summed E-state index contributed by atoms with van der Waals surface area (Å²) in [4.78, 5) is 24.0. The first kappa shape index (κ1) is 19.8. The van der Waals surface area contributed by atoms with Gasteiger partial charge in [0.15, 0.2) is 5.78 Å². The SMILES string of the molecule is CCN(C)C=Nc1cc(Cl)c(C(=O)CSc2cccc(Cl)c2)nc1C. The number of ketones is 1. The van der Waals surface area contributed by atoms with E-state index in [-0.39, 0.29) is 17.2 Å². The Morgan fingerprint density at radius 1 is 1.36 bits per heavy atom. The molecule has 0 spiro atoms. The molecule has 0 N–H and O–H groups in total. The van der Waals surface area contributed by atoms with Crippen LogP contribution in [0.15, 0.2) is 40.2 Å². The van der Waals surface area contributed by atoms with E-state index < -0.39 is 0 Å². The number of Topliss-reactive ketones (excluding diaryl/α,β-unsaturated/α-hetero) is 1. The van der Waals surface area contributed by atoms with Crippen LogP contribution in [0.25, 0.3) is 0 Å². The summed E-state index contributed by atoms with van der Waals surface area (Å²) in [6.07, 6.45) is 1.72. The second-order valence-electron chi connectivity index (χ2n) is 5.41. The van der Waals surface area contributed by atoms with Crippen LogP contribution in [0.3, 0.4) is 0 Å². The van der Waals surface area contributed by atoms with Gasteiger partial charge in [-0.15, -0.1) is 11.8 Å². The van der Waals surface area contributed by atoms with E-state index in [4.69, 9.17) is 23.2 Å². The zero-order chi connectivity index (χ0) is 18.4. The fourth-order valence-electron chi connectivity index (χ4n) is 1.91. The number of thioether (sulfide) groups is 1. The third kappa shape index (κ3) is 5.73. The molecule has 0 aliphatic carbocycles. The summed E-state index contributed by atoms with van der Waals surface area (Å²) in [7, 11) is 1.93. The molecule has 0 bridgehead atoms. The zero-order valence-corrected chi connectivity index (χ0v) is 16.6. The van der Waals surface area contributed by atoms with E-state index in [0.29, 0.717) is 21.4 Å². The molecule has 1 aromatic heterocycles.